The van der Waals surface area contributed by atoms with Crippen molar-refractivity contribution in [1.82, 2.24) is 0 Å². The number of carbonyl (C=O) groups is 1. The lowest BCUT2D eigenvalue weighted by Crippen LogP contribution is -2.41. The molecule has 0 amide bonds. The number of benzene rings is 2. The summed E-state index contributed by atoms with van der Waals surface area (Å²) >= 11 is 0. The van der Waals surface area contributed by atoms with E-state index in [-0.39, 0.29) is 11.0 Å². The van der Waals surface area contributed by atoms with E-state index in [1.165, 1.54) is 5.56 Å². The van der Waals surface area contributed by atoms with Crippen LogP contribution in [0, 0.1) is 0 Å². The van der Waals surface area contributed by atoms with Gasteiger partial charge in [-0.2, -0.15) is 0 Å². The SMILES string of the molecule is CCOC(=O)c1cccc(/C(=C/CCc2ccccc2)CO[Si](C)(C)C(C)(C)C)c1. The second-order valence-electron chi connectivity index (χ2n) is 9.10. The summed E-state index contributed by atoms with van der Waals surface area (Å²) in [5, 5.41) is 0.148. The molecule has 0 heterocycles. The van der Waals surface area contributed by atoms with E-state index in [4.69, 9.17) is 9.16 Å². The van der Waals surface area contributed by atoms with Crippen LogP contribution in [0.2, 0.25) is 18.1 Å². The Morgan fingerprint density at radius 3 is 2.30 bits per heavy atom. The van der Waals surface area contributed by atoms with Crippen molar-refractivity contribution < 1.29 is 14.0 Å². The molecule has 2 rings (SSSR count). The van der Waals surface area contributed by atoms with Crippen LogP contribution in [0.5, 0.6) is 0 Å². The third-order valence-corrected chi connectivity index (χ3v) is 10.3. The first-order chi connectivity index (χ1) is 14.1. The van der Waals surface area contributed by atoms with Gasteiger partial charge in [0.05, 0.1) is 18.8 Å². The quantitative estimate of drug-likeness (QED) is 0.324. The highest BCUT2D eigenvalue weighted by Crippen LogP contribution is 2.37. The van der Waals surface area contributed by atoms with Crippen LogP contribution in [0.15, 0.2) is 60.7 Å². The highest BCUT2D eigenvalue weighted by molar-refractivity contribution is 6.74. The van der Waals surface area contributed by atoms with E-state index in [2.05, 4.69) is 64.2 Å². The average Bonchev–Trinajstić information content (AvgIpc) is 2.70. The third-order valence-electron chi connectivity index (χ3n) is 5.81. The van der Waals surface area contributed by atoms with E-state index >= 15 is 0 Å². The molecule has 0 unspecified atom stereocenters. The molecule has 0 spiro atoms. The van der Waals surface area contributed by atoms with E-state index < -0.39 is 8.32 Å². The molecule has 4 heteroatoms. The molecule has 162 valence electrons. The highest BCUT2D eigenvalue weighted by Gasteiger charge is 2.37. The first kappa shape index (κ1) is 24.1. The molecule has 0 N–H and O–H groups in total. The summed E-state index contributed by atoms with van der Waals surface area (Å²) in [6.45, 7) is 14.0. The van der Waals surface area contributed by atoms with Crippen molar-refractivity contribution in [1.29, 1.82) is 0 Å². The summed E-state index contributed by atoms with van der Waals surface area (Å²) in [5.41, 5.74) is 4.04. The molecule has 0 saturated carbocycles. The topological polar surface area (TPSA) is 35.5 Å². The van der Waals surface area contributed by atoms with Crippen molar-refractivity contribution in [2.45, 2.75) is 58.7 Å². The average molecular weight is 425 g/mol. The highest BCUT2D eigenvalue weighted by atomic mass is 28.4. The van der Waals surface area contributed by atoms with Gasteiger partial charge in [0, 0.05) is 0 Å². The van der Waals surface area contributed by atoms with Crippen molar-refractivity contribution in [2.75, 3.05) is 13.2 Å². The minimum Gasteiger partial charge on any atom is -0.462 e. The number of hydrogen-bond acceptors (Lipinski definition) is 3. The van der Waals surface area contributed by atoms with Crippen LogP contribution in [0.1, 0.15) is 55.6 Å². The number of ether oxygens (including phenoxy) is 1. The maximum atomic E-state index is 12.2. The molecule has 2 aromatic carbocycles. The molecule has 0 aliphatic heterocycles. The van der Waals surface area contributed by atoms with Gasteiger partial charge in [-0.3, -0.25) is 0 Å². The van der Waals surface area contributed by atoms with E-state index in [0.29, 0.717) is 18.8 Å². The molecule has 30 heavy (non-hydrogen) atoms. The molecule has 0 aliphatic carbocycles. The van der Waals surface area contributed by atoms with E-state index in [1.54, 1.807) is 6.07 Å². The Morgan fingerprint density at radius 1 is 1.00 bits per heavy atom. The Bertz CT molecular complexity index is 848. The predicted molar refractivity (Wildman–Crippen MR) is 128 cm³/mol. The predicted octanol–water partition coefficient (Wildman–Crippen LogP) is 6.90. The van der Waals surface area contributed by atoms with Gasteiger partial charge in [-0.05, 0) is 66.7 Å². The number of allylic oxidation sites excluding steroid dienone is 1. The summed E-state index contributed by atoms with van der Waals surface area (Å²) in [5.74, 6) is -0.284. The number of hydrogen-bond donors (Lipinski definition) is 0. The van der Waals surface area contributed by atoms with Gasteiger partial charge in [-0.15, -0.1) is 0 Å². The van der Waals surface area contributed by atoms with Crippen LogP contribution in [-0.2, 0) is 15.6 Å². The Hall–Kier alpha value is -2.17. The molecule has 0 aromatic heterocycles. The number of carbonyl (C=O) groups excluding carboxylic acids is 1. The van der Waals surface area contributed by atoms with Gasteiger partial charge in [0.25, 0.3) is 0 Å². The third kappa shape index (κ3) is 6.96. The molecule has 3 nitrogen and oxygen atoms in total. The van der Waals surface area contributed by atoms with E-state index in [0.717, 1.165) is 24.0 Å². The van der Waals surface area contributed by atoms with Gasteiger partial charge in [-0.25, -0.2) is 4.79 Å². The lowest BCUT2D eigenvalue weighted by atomic mass is 10.0. The van der Waals surface area contributed by atoms with Crippen LogP contribution in [-0.4, -0.2) is 27.5 Å². The summed E-state index contributed by atoms with van der Waals surface area (Å²) in [6.07, 6.45) is 4.15. The van der Waals surface area contributed by atoms with Crippen LogP contribution < -0.4 is 0 Å². The molecule has 0 radical (unpaired) electrons. The lowest BCUT2D eigenvalue weighted by Gasteiger charge is -2.36. The molecule has 0 bridgehead atoms. The fraction of sp³-hybridized carbons (Fsp3) is 0.423. The van der Waals surface area contributed by atoms with Crippen LogP contribution >= 0.6 is 0 Å². The smallest absolute Gasteiger partial charge is 0.338 e. The van der Waals surface area contributed by atoms with Crippen LogP contribution in [0.3, 0.4) is 0 Å². The summed E-state index contributed by atoms with van der Waals surface area (Å²) < 4.78 is 11.7. The zero-order valence-electron chi connectivity index (χ0n) is 19.3. The molecular formula is C26H36O3Si. The second-order valence-corrected chi connectivity index (χ2v) is 13.9. The molecule has 2 aromatic rings. The normalized spacial score (nSPS) is 12.7. The largest absolute Gasteiger partial charge is 0.462 e. The summed E-state index contributed by atoms with van der Waals surface area (Å²) in [6, 6.07) is 18.2. The summed E-state index contributed by atoms with van der Waals surface area (Å²) in [4.78, 5) is 12.2. The van der Waals surface area contributed by atoms with Crippen molar-refractivity contribution >= 4 is 19.9 Å². The second kappa shape index (κ2) is 10.7. The standard InChI is InChI=1S/C26H36O3Si/c1-7-28-25(27)23-17-12-16-22(19-23)24(20-29-30(5,6)26(2,3)4)18-11-15-21-13-9-8-10-14-21/h8-10,12-14,16-19H,7,11,15,20H2,1-6H3/b24-18+. The van der Waals surface area contributed by atoms with Crippen molar-refractivity contribution in [2.24, 2.45) is 0 Å². The van der Waals surface area contributed by atoms with Gasteiger partial charge in [-0.1, -0.05) is 69.3 Å². The Morgan fingerprint density at radius 2 is 1.67 bits per heavy atom. The fourth-order valence-electron chi connectivity index (χ4n) is 2.85. The Kier molecular flexibility index (Phi) is 8.62. The van der Waals surface area contributed by atoms with Gasteiger partial charge >= 0.3 is 5.97 Å². The first-order valence-corrected chi connectivity index (χ1v) is 13.7. The zero-order chi connectivity index (χ0) is 22.2. The van der Waals surface area contributed by atoms with Crippen molar-refractivity contribution in [3.05, 3.63) is 77.4 Å². The first-order valence-electron chi connectivity index (χ1n) is 10.8. The number of esters is 1. The lowest BCUT2D eigenvalue weighted by molar-refractivity contribution is 0.0526. The Labute approximate surface area is 183 Å². The van der Waals surface area contributed by atoms with Gasteiger partial charge in [0.2, 0.25) is 0 Å². The number of rotatable bonds is 9. The summed E-state index contributed by atoms with van der Waals surface area (Å²) in [7, 11) is -1.88. The maximum absolute atomic E-state index is 12.2. The fourth-order valence-corrected chi connectivity index (χ4v) is 3.80. The van der Waals surface area contributed by atoms with Crippen molar-refractivity contribution in [3.63, 3.8) is 0 Å². The van der Waals surface area contributed by atoms with Crippen molar-refractivity contribution in [3.8, 4) is 0 Å². The van der Waals surface area contributed by atoms with Crippen LogP contribution in [0.4, 0.5) is 0 Å². The molecule has 0 fully saturated rings. The molecule has 0 atom stereocenters. The Balaban J connectivity index is 2.25. The van der Waals surface area contributed by atoms with E-state index in [1.807, 2.05) is 31.2 Å². The van der Waals surface area contributed by atoms with Gasteiger partial charge < -0.3 is 9.16 Å². The van der Waals surface area contributed by atoms with Gasteiger partial charge in [0.1, 0.15) is 0 Å². The van der Waals surface area contributed by atoms with E-state index in [9.17, 15) is 4.79 Å². The number of aryl methyl sites for hydroxylation is 1. The molecule has 0 saturated heterocycles. The minimum atomic E-state index is -1.88. The maximum Gasteiger partial charge on any atom is 0.338 e. The monoisotopic (exact) mass is 424 g/mol. The molecule has 0 aliphatic rings. The minimum absolute atomic E-state index is 0.148. The van der Waals surface area contributed by atoms with Crippen LogP contribution in [0.25, 0.3) is 5.57 Å². The van der Waals surface area contributed by atoms with Gasteiger partial charge in [0.15, 0.2) is 8.32 Å². The zero-order valence-corrected chi connectivity index (χ0v) is 20.3. The molecular weight excluding hydrogens is 388 g/mol.